The Kier molecular flexibility index (Phi) is 3.58. The minimum Gasteiger partial charge on any atom is -0.467 e. The van der Waals surface area contributed by atoms with Gasteiger partial charge < -0.3 is 13.7 Å². The standard InChI is InChI=1S/C16H16N2O4/c1-11(13-8-5-9-21-13)17(2)15(19)10-18-12-6-3-4-7-14(12)22-16(18)20/h3-9,11H,10H2,1-2H3. The average molecular weight is 300 g/mol. The number of hydrogen-bond donors (Lipinski definition) is 0. The number of carbonyl (C=O) groups excluding carboxylic acids is 1. The molecule has 1 atom stereocenters. The predicted octanol–water partition coefficient (Wildman–Crippen LogP) is 2.41. The van der Waals surface area contributed by atoms with Gasteiger partial charge in [0.25, 0.3) is 0 Å². The van der Waals surface area contributed by atoms with Crippen LogP contribution in [0.2, 0.25) is 0 Å². The number of furan rings is 1. The van der Waals surface area contributed by atoms with Gasteiger partial charge in [0.15, 0.2) is 5.58 Å². The molecular formula is C16H16N2O4. The van der Waals surface area contributed by atoms with E-state index in [1.807, 2.05) is 13.0 Å². The van der Waals surface area contributed by atoms with Gasteiger partial charge >= 0.3 is 5.76 Å². The summed E-state index contributed by atoms with van der Waals surface area (Å²) >= 11 is 0. The van der Waals surface area contributed by atoms with Gasteiger partial charge in [-0.05, 0) is 31.2 Å². The first-order valence-corrected chi connectivity index (χ1v) is 6.95. The molecule has 1 amide bonds. The van der Waals surface area contributed by atoms with Crippen LogP contribution in [0.3, 0.4) is 0 Å². The van der Waals surface area contributed by atoms with Crippen LogP contribution in [-0.4, -0.2) is 22.4 Å². The zero-order valence-corrected chi connectivity index (χ0v) is 12.4. The predicted molar refractivity (Wildman–Crippen MR) is 80.4 cm³/mol. The molecule has 1 unspecified atom stereocenters. The van der Waals surface area contributed by atoms with Crippen LogP contribution in [0.4, 0.5) is 0 Å². The molecule has 22 heavy (non-hydrogen) atoms. The summed E-state index contributed by atoms with van der Waals surface area (Å²) in [6.07, 6.45) is 1.57. The third kappa shape index (κ3) is 2.43. The van der Waals surface area contributed by atoms with Crippen LogP contribution < -0.4 is 5.76 Å². The van der Waals surface area contributed by atoms with E-state index in [4.69, 9.17) is 8.83 Å². The first kappa shape index (κ1) is 14.2. The molecule has 0 saturated carbocycles. The molecule has 2 heterocycles. The third-order valence-electron chi connectivity index (χ3n) is 3.80. The number of aromatic nitrogens is 1. The van der Waals surface area contributed by atoms with Crippen molar-refractivity contribution in [1.29, 1.82) is 0 Å². The molecule has 114 valence electrons. The zero-order valence-electron chi connectivity index (χ0n) is 12.4. The highest BCUT2D eigenvalue weighted by Crippen LogP contribution is 2.19. The molecule has 3 aromatic rings. The summed E-state index contributed by atoms with van der Waals surface area (Å²) < 4.78 is 11.8. The van der Waals surface area contributed by atoms with E-state index in [-0.39, 0.29) is 18.5 Å². The van der Waals surface area contributed by atoms with Crippen molar-refractivity contribution in [3.63, 3.8) is 0 Å². The van der Waals surface area contributed by atoms with Crippen LogP contribution >= 0.6 is 0 Å². The van der Waals surface area contributed by atoms with Gasteiger partial charge in [-0.2, -0.15) is 0 Å². The maximum atomic E-state index is 12.4. The molecule has 3 rings (SSSR count). The summed E-state index contributed by atoms with van der Waals surface area (Å²) in [5, 5.41) is 0. The molecule has 0 fully saturated rings. The molecule has 6 heteroatoms. The molecule has 0 aliphatic heterocycles. The van der Waals surface area contributed by atoms with E-state index >= 15 is 0 Å². The third-order valence-corrected chi connectivity index (χ3v) is 3.80. The second kappa shape index (κ2) is 5.55. The fourth-order valence-electron chi connectivity index (χ4n) is 2.35. The van der Waals surface area contributed by atoms with Gasteiger partial charge in [-0.25, -0.2) is 4.79 Å². The Balaban J connectivity index is 1.84. The molecule has 0 aliphatic rings. The number of likely N-dealkylation sites (N-methyl/N-ethyl adjacent to an activating group) is 1. The minimum atomic E-state index is -0.534. The second-order valence-electron chi connectivity index (χ2n) is 5.12. The molecule has 6 nitrogen and oxygen atoms in total. The van der Waals surface area contributed by atoms with Gasteiger partial charge in [-0.15, -0.1) is 0 Å². The molecule has 0 bridgehead atoms. The lowest BCUT2D eigenvalue weighted by Crippen LogP contribution is -2.34. The van der Waals surface area contributed by atoms with Crippen molar-refractivity contribution in [2.45, 2.75) is 19.5 Å². The van der Waals surface area contributed by atoms with Crippen LogP contribution in [0.5, 0.6) is 0 Å². The van der Waals surface area contributed by atoms with Crippen LogP contribution in [0, 0.1) is 0 Å². The Morgan fingerprint density at radius 1 is 1.27 bits per heavy atom. The number of rotatable bonds is 4. The molecule has 1 aromatic carbocycles. The Labute approximate surface area is 126 Å². The Morgan fingerprint density at radius 3 is 2.77 bits per heavy atom. The number of amides is 1. The van der Waals surface area contributed by atoms with Crippen LogP contribution in [-0.2, 0) is 11.3 Å². The highest BCUT2D eigenvalue weighted by molar-refractivity contribution is 5.79. The van der Waals surface area contributed by atoms with E-state index in [1.165, 1.54) is 4.57 Å². The first-order valence-electron chi connectivity index (χ1n) is 6.95. The van der Waals surface area contributed by atoms with Gasteiger partial charge in [0, 0.05) is 7.05 Å². The molecular weight excluding hydrogens is 284 g/mol. The van der Waals surface area contributed by atoms with E-state index in [1.54, 1.807) is 48.5 Å². The van der Waals surface area contributed by atoms with Crippen molar-refractivity contribution >= 4 is 17.0 Å². The fourth-order valence-corrected chi connectivity index (χ4v) is 2.35. The Hall–Kier alpha value is -2.76. The van der Waals surface area contributed by atoms with E-state index in [0.29, 0.717) is 16.9 Å². The van der Waals surface area contributed by atoms with Crippen molar-refractivity contribution < 1.29 is 13.6 Å². The summed E-state index contributed by atoms with van der Waals surface area (Å²) in [5.74, 6) is -0.0357. The number of para-hydroxylation sites is 2. The lowest BCUT2D eigenvalue weighted by Gasteiger charge is -2.23. The van der Waals surface area contributed by atoms with E-state index in [9.17, 15) is 9.59 Å². The summed E-state index contributed by atoms with van der Waals surface area (Å²) in [4.78, 5) is 25.9. The van der Waals surface area contributed by atoms with Crippen molar-refractivity contribution in [2.24, 2.45) is 0 Å². The number of nitrogens with zero attached hydrogens (tertiary/aromatic N) is 2. The van der Waals surface area contributed by atoms with Gasteiger partial charge in [0.05, 0.1) is 17.8 Å². The molecule has 0 saturated heterocycles. The van der Waals surface area contributed by atoms with E-state index < -0.39 is 5.76 Å². The fraction of sp³-hybridized carbons (Fsp3) is 0.250. The molecule has 0 radical (unpaired) electrons. The SMILES string of the molecule is CC(c1ccco1)N(C)C(=O)Cn1c(=O)oc2ccccc21. The number of oxazole rings is 1. The maximum Gasteiger partial charge on any atom is 0.420 e. The van der Waals surface area contributed by atoms with Crippen molar-refractivity contribution in [2.75, 3.05) is 7.05 Å². The normalized spacial score (nSPS) is 12.5. The summed E-state index contributed by atoms with van der Waals surface area (Å²) in [6, 6.07) is 10.4. The van der Waals surface area contributed by atoms with Gasteiger partial charge in [-0.3, -0.25) is 9.36 Å². The van der Waals surface area contributed by atoms with Crippen LogP contribution in [0.25, 0.3) is 11.1 Å². The van der Waals surface area contributed by atoms with E-state index in [2.05, 4.69) is 0 Å². The van der Waals surface area contributed by atoms with Crippen LogP contribution in [0.1, 0.15) is 18.7 Å². The summed E-state index contributed by atoms with van der Waals surface area (Å²) in [5.41, 5.74) is 1.09. The minimum absolute atomic E-state index is 0.0720. The molecule has 0 aliphatic carbocycles. The number of fused-ring (bicyclic) bond motifs is 1. The zero-order chi connectivity index (χ0) is 15.7. The molecule has 0 spiro atoms. The van der Waals surface area contributed by atoms with Crippen molar-refractivity contribution in [3.8, 4) is 0 Å². The summed E-state index contributed by atoms with van der Waals surface area (Å²) in [7, 11) is 1.68. The lowest BCUT2D eigenvalue weighted by molar-refractivity contribution is -0.132. The largest absolute Gasteiger partial charge is 0.467 e. The maximum absolute atomic E-state index is 12.4. The molecule has 0 N–H and O–H groups in total. The van der Waals surface area contributed by atoms with Gasteiger partial charge in [-0.1, -0.05) is 12.1 Å². The highest BCUT2D eigenvalue weighted by atomic mass is 16.4. The van der Waals surface area contributed by atoms with E-state index in [0.717, 1.165) is 0 Å². The molecule has 2 aromatic heterocycles. The smallest absolute Gasteiger partial charge is 0.420 e. The number of benzene rings is 1. The monoisotopic (exact) mass is 300 g/mol. The van der Waals surface area contributed by atoms with Crippen molar-refractivity contribution in [1.82, 2.24) is 9.47 Å². The first-order chi connectivity index (χ1) is 10.6. The van der Waals surface area contributed by atoms with Gasteiger partial charge in [0.1, 0.15) is 12.3 Å². The Morgan fingerprint density at radius 2 is 2.05 bits per heavy atom. The highest BCUT2D eigenvalue weighted by Gasteiger charge is 2.21. The number of carbonyl (C=O) groups is 1. The summed E-state index contributed by atoms with van der Waals surface area (Å²) in [6.45, 7) is 1.80. The quantitative estimate of drug-likeness (QED) is 0.742. The average Bonchev–Trinajstić information content (AvgIpc) is 3.15. The Bertz CT molecular complexity index is 845. The van der Waals surface area contributed by atoms with Crippen LogP contribution in [0.15, 0.2) is 56.3 Å². The second-order valence-corrected chi connectivity index (χ2v) is 5.12. The van der Waals surface area contributed by atoms with Crippen molar-refractivity contribution in [3.05, 3.63) is 59.0 Å². The number of hydrogen-bond acceptors (Lipinski definition) is 4. The topological polar surface area (TPSA) is 68.6 Å². The lowest BCUT2D eigenvalue weighted by atomic mass is 10.2. The van der Waals surface area contributed by atoms with Gasteiger partial charge in [0.2, 0.25) is 5.91 Å².